The van der Waals surface area contributed by atoms with E-state index in [9.17, 15) is 27.6 Å². The molecule has 144 valence electrons. The predicted molar refractivity (Wildman–Crippen MR) is 87.6 cm³/mol. The Labute approximate surface area is 147 Å². The molecule has 1 unspecified atom stereocenters. The average molecular weight is 384 g/mol. The Morgan fingerprint density at radius 1 is 1.36 bits per heavy atom. The van der Waals surface area contributed by atoms with Gasteiger partial charge in [0.2, 0.25) is 5.88 Å². The quantitative estimate of drug-likeness (QED) is 0.672. The van der Waals surface area contributed by atoms with E-state index in [1.165, 1.54) is 19.9 Å². The van der Waals surface area contributed by atoms with Crippen molar-refractivity contribution in [1.29, 1.82) is 0 Å². The molecule has 1 amide bonds. The summed E-state index contributed by atoms with van der Waals surface area (Å²) in [5, 5.41) is 15.5. The van der Waals surface area contributed by atoms with Gasteiger partial charge >= 0.3 is 6.18 Å². The maximum Gasteiger partial charge on any atom is 0.389 e. The lowest BCUT2D eigenvalue weighted by molar-refractivity contribution is -0.134. The molecular weight excluding hydrogens is 361 g/mol. The van der Waals surface area contributed by atoms with Gasteiger partial charge in [0.25, 0.3) is 5.91 Å². The zero-order valence-electron chi connectivity index (χ0n) is 14.6. The van der Waals surface area contributed by atoms with Crippen LogP contribution in [-0.4, -0.2) is 44.0 Å². The third kappa shape index (κ3) is 6.19. The van der Waals surface area contributed by atoms with Crippen LogP contribution < -0.4 is 5.32 Å². The van der Waals surface area contributed by atoms with Crippen LogP contribution >= 0.6 is 0 Å². The lowest BCUT2D eigenvalue weighted by atomic mass is 9.91. The van der Waals surface area contributed by atoms with E-state index < -0.39 is 39.8 Å². The first-order chi connectivity index (χ1) is 11.3. The molecule has 10 heteroatoms. The highest BCUT2D eigenvalue weighted by atomic mass is 32.2. The highest BCUT2D eigenvalue weighted by molar-refractivity contribution is 7.93. The monoisotopic (exact) mass is 384 g/mol. The molecule has 0 aromatic carbocycles. The number of aliphatic hydroxyl groups is 1. The smallest absolute Gasteiger partial charge is 0.389 e. The largest absolute Gasteiger partial charge is 0.616 e. The van der Waals surface area contributed by atoms with Crippen LogP contribution in [0.3, 0.4) is 0 Å². The van der Waals surface area contributed by atoms with Crippen LogP contribution in [0.15, 0.2) is 10.6 Å². The minimum Gasteiger partial charge on any atom is -0.616 e. The van der Waals surface area contributed by atoms with E-state index in [2.05, 4.69) is 10.5 Å². The fourth-order valence-electron chi connectivity index (χ4n) is 1.76. The molecule has 1 aromatic rings. The molecule has 0 aliphatic rings. The number of aromatic nitrogens is 1. The van der Waals surface area contributed by atoms with Gasteiger partial charge in [-0.25, -0.2) is 0 Å². The first-order valence-electron chi connectivity index (χ1n) is 7.64. The molecule has 0 bridgehead atoms. The third-order valence-electron chi connectivity index (χ3n) is 3.74. The fraction of sp³-hybridized carbons (Fsp3) is 0.733. The summed E-state index contributed by atoms with van der Waals surface area (Å²) < 4.78 is 52.3. The number of nitrogens with zero attached hydrogens (tertiary/aromatic N) is 1. The van der Waals surface area contributed by atoms with Crippen LogP contribution in [0.2, 0.25) is 0 Å². The Bertz CT molecular complexity index is 588. The Morgan fingerprint density at radius 2 is 1.96 bits per heavy atom. The molecule has 0 fully saturated rings. The summed E-state index contributed by atoms with van der Waals surface area (Å²) in [6, 6.07) is 1.44. The molecule has 0 saturated carbocycles. The number of aliphatic hydroxyl groups excluding tert-OH is 1. The van der Waals surface area contributed by atoms with Crippen molar-refractivity contribution in [3.05, 3.63) is 11.8 Å². The van der Waals surface area contributed by atoms with Gasteiger partial charge in [0.05, 0.1) is 12.3 Å². The Morgan fingerprint density at radius 3 is 2.48 bits per heavy atom. The van der Waals surface area contributed by atoms with Crippen molar-refractivity contribution in [2.75, 3.05) is 17.7 Å². The predicted octanol–water partition coefficient (Wildman–Crippen LogP) is 2.75. The van der Waals surface area contributed by atoms with Crippen molar-refractivity contribution in [2.24, 2.45) is 0 Å². The zero-order valence-corrected chi connectivity index (χ0v) is 15.4. The molecule has 1 atom stereocenters. The lowest BCUT2D eigenvalue weighted by Crippen LogP contribution is -2.45. The van der Waals surface area contributed by atoms with Crippen LogP contribution in [0.25, 0.3) is 0 Å². The maximum absolute atomic E-state index is 12.3. The first kappa shape index (κ1) is 21.8. The number of hydrogen-bond donors (Lipinski definition) is 2. The minimum atomic E-state index is -4.31. The first-order valence-corrected chi connectivity index (χ1v) is 8.96. The molecule has 0 saturated heterocycles. The lowest BCUT2D eigenvalue weighted by Gasteiger charge is -2.27. The molecule has 1 heterocycles. The minimum absolute atomic E-state index is 0.0156. The summed E-state index contributed by atoms with van der Waals surface area (Å²) in [6.07, 6.45) is -5.67. The zero-order chi connectivity index (χ0) is 19.5. The molecule has 0 spiro atoms. The van der Waals surface area contributed by atoms with E-state index in [-0.39, 0.29) is 24.7 Å². The molecule has 1 aromatic heterocycles. The number of nitrogens with one attached hydrogen (secondary N) is 1. The number of amides is 1. The van der Waals surface area contributed by atoms with E-state index in [0.29, 0.717) is 5.69 Å². The van der Waals surface area contributed by atoms with Crippen LogP contribution in [-0.2, 0) is 21.4 Å². The van der Waals surface area contributed by atoms with Gasteiger partial charge < -0.3 is 14.2 Å². The Hall–Kier alpha value is -1.26. The number of rotatable bonds is 8. The van der Waals surface area contributed by atoms with Gasteiger partial charge in [-0.2, -0.15) is 13.2 Å². The Balaban J connectivity index is 2.68. The number of hydrogen-bond acceptors (Lipinski definition) is 5. The number of alkyl halides is 3. The summed E-state index contributed by atoms with van der Waals surface area (Å²) >= 11 is -1.79. The van der Waals surface area contributed by atoms with Gasteiger partial charge in [0, 0.05) is 24.3 Å². The van der Waals surface area contributed by atoms with Crippen LogP contribution in [0.1, 0.15) is 46.2 Å². The van der Waals surface area contributed by atoms with Crippen LogP contribution in [0.5, 0.6) is 0 Å². The normalized spacial score (nSPS) is 14.4. The molecule has 25 heavy (non-hydrogen) atoms. The standard InChI is InChI=1S/C15H23F3N2O4S/c1-13(2,9-21)10-8-11(24-20-10)19-12(22)14(3,4)25(23)7-5-6-15(16,17)18/h8,21H,5-7,9H2,1-4H3,(H,19,22). The van der Waals surface area contributed by atoms with Crippen molar-refractivity contribution in [1.82, 2.24) is 5.16 Å². The Kier molecular flexibility index (Phi) is 6.94. The summed E-state index contributed by atoms with van der Waals surface area (Å²) in [7, 11) is 0. The van der Waals surface area contributed by atoms with Gasteiger partial charge in [0.15, 0.2) is 4.75 Å². The average Bonchev–Trinajstić information content (AvgIpc) is 2.95. The van der Waals surface area contributed by atoms with Gasteiger partial charge in [-0.3, -0.25) is 10.1 Å². The van der Waals surface area contributed by atoms with E-state index in [4.69, 9.17) is 4.52 Å². The summed E-state index contributed by atoms with van der Waals surface area (Å²) in [5.74, 6) is -0.872. The topological polar surface area (TPSA) is 98.4 Å². The number of halogens is 3. The van der Waals surface area contributed by atoms with Gasteiger partial charge in [0.1, 0.15) is 5.75 Å². The summed E-state index contributed by atoms with van der Waals surface area (Å²) in [6.45, 7) is 6.07. The second kappa shape index (κ2) is 7.96. The van der Waals surface area contributed by atoms with Crippen LogP contribution in [0, 0.1) is 0 Å². The number of carbonyl (C=O) groups excluding carboxylic acids is 1. The van der Waals surface area contributed by atoms with Crippen molar-refractivity contribution in [3.8, 4) is 0 Å². The molecule has 0 aliphatic carbocycles. The van der Waals surface area contributed by atoms with Crippen molar-refractivity contribution < 1.29 is 32.1 Å². The molecule has 0 aliphatic heterocycles. The second-order valence-corrected chi connectivity index (χ2v) is 8.97. The van der Waals surface area contributed by atoms with Gasteiger partial charge in [-0.15, -0.1) is 0 Å². The molecule has 0 radical (unpaired) electrons. The summed E-state index contributed by atoms with van der Waals surface area (Å²) in [5.41, 5.74) is -0.239. The van der Waals surface area contributed by atoms with Crippen molar-refractivity contribution in [2.45, 2.75) is 56.9 Å². The van der Waals surface area contributed by atoms with E-state index in [0.717, 1.165) is 0 Å². The molecule has 6 nitrogen and oxygen atoms in total. The van der Waals surface area contributed by atoms with Crippen molar-refractivity contribution in [3.63, 3.8) is 0 Å². The molecule has 1 rings (SSSR count). The van der Waals surface area contributed by atoms with Crippen LogP contribution in [0.4, 0.5) is 19.1 Å². The second-order valence-electron chi connectivity index (χ2n) is 6.85. The van der Waals surface area contributed by atoms with E-state index in [1.54, 1.807) is 13.8 Å². The maximum atomic E-state index is 12.3. The van der Waals surface area contributed by atoms with E-state index in [1.807, 2.05) is 0 Å². The third-order valence-corrected chi connectivity index (χ3v) is 5.72. The van der Waals surface area contributed by atoms with Gasteiger partial charge in [-0.05, 0) is 25.0 Å². The van der Waals surface area contributed by atoms with E-state index >= 15 is 0 Å². The highest BCUT2D eigenvalue weighted by Crippen LogP contribution is 2.27. The van der Waals surface area contributed by atoms with Crippen molar-refractivity contribution >= 4 is 23.0 Å². The molecular formula is C15H23F3N2O4S. The highest BCUT2D eigenvalue weighted by Gasteiger charge is 2.41. The number of carbonyl (C=O) groups is 1. The summed E-state index contributed by atoms with van der Waals surface area (Å²) in [4.78, 5) is 12.3. The fourth-order valence-corrected chi connectivity index (χ4v) is 2.93. The molecule has 2 N–H and O–H groups in total. The van der Waals surface area contributed by atoms with Gasteiger partial charge in [-0.1, -0.05) is 19.0 Å². The SMILES string of the molecule is CC(C)(CO)c1cc(NC(=O)C(C)(C)[S+]([O-])CCCC(F)(F)F)on1. The number of anilines is 1.